The van der Waals surface area contributed by atoms with Crippen molar-refractivity contribution >= 4 is 6.09 Å². The van der Waals surface area contributed by atoms with Crippen molar-refractivity contribution in [3.05, 3.63) is 48.0 Å². The lowest BCUT2D eigenvalue weighted by Crippen LogP contribution is -2.43. The van der Waals surface area contributed by atoms with E-state index in [0.717, 1.165) is 24.8 Å². The third-order valence-electron chi connectivity index (χ3n) is 3.45. The molecule has 1 amide bonds. The number of likely N-dealkylation sites (tertiary alicyclic amines) is 1. The Kier molecular flexibility index (Phi) is 5.62. The van der Waals surface area contributed by atoms with E-state index in [1.54, 1.807) is 11.0 Å². The van der Waals surface area contributed by atoms with Crippen LogP contribution >= 0.6 is 0 Å². The zero-order valence-corrected chi connectivity index (χ0v) is 11.6. The number of hydrogen-bond acceptors (Lipinski definition) is 3. The number of ether oxygens (including phenoxy) is 1. The highest BCUT2D eigenvalue weighted by atomic mass is 16.6. The van der Waals surface area contributed by atoms with E-state index >= 15 is 0 Å². The zero-order valence-electron chi connectivity index (χ0n) is 11.6. The summed E-state index contributed by atoms with van der Waals surface area (Å²) in [4.78, 5) is 13.9. The molecule has 2 rings (SSSR count). The lowest BCUT2D eigenvalue weighted by molar-refractivity contribution is 0.0774. The summed E-state index contributed by atoms with van der Waals surface area (Å²) in [5.74, 6) is 0. The maximum absolute atomic E-state index is 12.2. The number of rotatable bonds is 4. The molecule has 1 atom stereocenters. The number of benzene rings is 1. The Balaban J connectivity index is 1.90. The van der Waals surface area contributed by atoms with E-state index in [2.05, 4.69) is 0 Å². The fourth-order valence-electron chi connectivity index (χ4n) is 2.40. The Labute approximate surface area is 119 Å². The van der Waals surface area contributed by atoms with E-state index in [9.17, 15) is 4.79 Å². The fraction of sp³-hybridized carbons (Fsp3) is 0.438. The molecule has 1 N–H and O–H groups in total. The highest BCUT2D eigenvalue weighted by Crippen LogP contribution is 2.19. The molecule has 0 unspecified atom stereocenters. The summed E-state index contributed by atoms with van der Waals surface area (Å²) >= 11 is 0. The summed E-state index contributed by atoms with van der Waals surface area (Å²) in [6.45, 7) is 1.02. The third kappa shape index (κ3) is 4.10. The van der Waals surface area contributed by atoms with Crippen LogP contribution in [-0.4, -0.2) is 35.3 Å². The van der Waals surface area contributed by atoms with Crippen LogP contribution in [0.3, 0.4) is 0 Å². The minimum Gasteiger partial charge on any atom is -0.445 e. The molecule has 1 fully saturated rings. The molecule has 1 aliphatic heterocycles. The summed E-state index contributed by atoms with van der Waals surface area (Å²) < 4.78 is 5.37. The van der Waals surface area contributed by atoms with Crippen molar-refractivity contribution in [1.29, 1.82) is 0 Å². The first-order valence-electron chi connectivity index (χ1n) is 7.06. The van der Waals surface area contributed by atoms with Crippen LogP contribution < -0.4 is 0 Å². The van der Waals surface area contributed by atoms with Crippen molar-refractivity contribution in [3.63, 3.8) is 0 Å². The summed E-state index contributed by atoms with van der Waals surface area (Å²) in [6, 6.07) is 9.71. The summed E-state index contributed by atoms with van der Waals surface area (Å²) in [6.07, 6.45) is 6.33. The first kappa shape index (κ1) is 14.6. The molecule has 108 valence electrons. The topological polar surface area (TPSA) is 49.8 Å². The van der Waals surface area contributed by atoms with E-state index in [0.29, 0.717) is 13.2 Å². The maximum atomic E-state index is 12.2. The van der Waals surface area contributed by atoms with E-state index in [-0.39, 0.29) is 18.7 Å². The predicted octanol–water partition coefficient (Wildman–Crippen LogP) is 2.73. The Morgan fingerprint density at radius 2 is 2.15 bits per heavy atom. The number of carbonyl (C=O) groups is 1. The van der Waals surface area contributed by atoms with Gasteiger partial charge >= 0.3 is 6.09 Å². The van der Waals surface area contributed by atoms with Crippen molar-refractivity contribution in [3.8, 4) is 0 Å². The first-order valence-corrected chi connectivity index (χ1v) is 7.06. The Morgan fingerprint density at radius 3 is 2.90 bits per heavy atom. The average molecular weight is 275 g/mol. The van der Waals surface area contributed by atoms with Gasteiger partial charge in [-0.25, -0.2) is 4.79 Å². The zero-order chi connectivity index (χ0) is 14.2. The van der Waals surface area contributed by atoms with Crippen LogP contribution in [-0.2, 0) is 11.3 Å². The maximum Gasteiger partial charge on any atom is 0.410 e. The van der Waals surface area contributed by atoms with Gasteiger partial charge in [0, 0.05) is 6.54 Å². The highest BCUT2D eigenvalue weighted by Gasteiger charge is 2.25. The molecule has 0 saturated carbocycles. The second-order valence-electron chi connectivity index (χ2n) is 4.91. The van der Waals surface area contributed by atoms with Gasteiger partial charge in [-0.3, -0.25) is 0 Å². The Morgan fingerprint density at radius 1 is 1.35 bits per heavy atom. The molecule has 4 heteroatoms. The third-order valence-corrected chi connectivity index (χ3v) is 3.45. The largest absolute Gasteiger partial charge is 0.445 e. The molecule has 0 radical (unpaired) electrons. The second-order valence-corrected chi connectivity index (χ2v) is 4.91. The van der Waals surface area contributed by atoms with Crippen LogP contribution in [0.2, 0.25) is 0 Å². The molecule has 1 aromatic carbocycles. The average Bonchev–Trinajstić information content (AvgIpc) is 2.52. The molecule has 1 aromatic rings. The Hall–Kier alpha value is -1.81. The van der Waals surface area contributed by atoms with Crippen LogP contribution in [0.4, 0.5) is 4.79 Å². The summed E-state index contributed by atoms with van der Waals surface area (Å²) in [5, 5.41) is 8.85. The van der Waals surface area contributed by atoms with Gasteiger partial charge in [0.25, 0.3) is 0 Å². The fourth-order valence-corrected chi connectivity index (χ4v) is 2.40. The Bertz CT molecular complexity index is 444. The van der Waals surface area contributed by atoms with Gasteiger partial charge in [-0.2, -0.15) is 0 Å². The lowest BCUT2D eigenvalue weighted by Gasteiger charge is -2.33. The molecule has 1 saturated heterocycles. The highest BCUT2D eigenvalue weighted by molar-refractivity contribution is 5.68. The molecular weight excluding hydrogens is 254 g/mol. The number of carbonyl (C=O) groups excluding carboxylic acids is 1. The molecule has 0 bridgehead atoms. The van der Waals surface area contributed by atoms with Gasteiger partial charge in [-0.1, -0.05) is 42.5 Å². The van der Waals surface area contributed by atoms with E-state index in [1.165, 1.54) is 0 Å². The van der Waals surface area contributed by atoms with Crippen LogP contribution in [0.5, 0.6) is 0 Å². The number of aliphatic hydroxyl groups excluding tert-OH is 1. The molecule has 20 heavy (non-hydrogen) atoms. The van der Waals surface area contributed by atoms with E-state index in [1.807, 2.05) is 36.4 Å². The summed E-state index contributed by atoms with van der Waals surface area (Å²) in [7, 11) is 0. The normalized spacial score (nSPS) is 19.2. The molecular formula is C16H21NO3. The van der Waals surface area contributed by atoms with Gasteiger partial charge in [-0.15, -0.1) is 0 Å². The summed E-state index contributed by atoms with van der Waals surface area (Å²) in [5.41, 5.74) is 0.986. The van der Waals surface area contributed by atoms with E-state index < -0.39 is 0 Å². The minimum absolute atomic E-state index is 0.00338. The lowest BCUT2D eigenvalue weighted by atomic mass is 10.0. The second kappa shape index (κ2) is 7.70. The van der Waals surface area contributed by atoms with Gasteiger partial charge in [-0.05, 0) is 24.8 Å². The van der Waals surface area contributed by atoms with Crippen LogP contribution in [0.25, 0.3) is 0 Å². The van der Waals surface area contributed by atoms with Gasteiger partial charge in [0.15, 0.2) is 0 Å². The molecule has 0 spiro atoms. The number of aliphatic hydroxyl groups is 1. The number of amides is 1. The van der Waals surface area contributed by atoms with E-state index in [4.69, 9.17) is 9.84 Å². The van der Waals surface area contributed by atoms with Crippen molar-refractivity contribution in [2.75, 3.05) is 13.2 Å². The molecule has 0 aliphatic carbocycles. The van der Waals surface area contributed by atoms with Gasteiger partial charge < -0.3 is 14.7 Å². The molecule has 0 aromatic heterocycles. The predicted molar refractivity (Wildman–Crippen MR) is 77.2 cm³/mol. The number of nitrogens with zero attached hydrogens (tertiary/aromatic N) is 1. The van der Waals surface area contributed by atoms with Crippen molar-refractivity contribution < 1.29 is 14.6 Å². The van der Waals surface area contributed by atoms with Crippen LogP contribution in [0.1, 0.15) is 24.8 Å². The van der Waals surface area contributed by atoms with Crippen molar-refractivity contribution in [1.82, 2.24) is 4.90 Å². The quantitative estimate of drug-likeness (QED) is 0.860. The standard InChI is InChI=1S/C16H21NO3/c18-12-6-10-15-9-4-5-11-17(15)16(19)20-13-14-7-2-1-3-8-14/h1-3,6-8,10,15,18H,4-5,9,11-13H2/t15-/m0/s1. The first-order chi connectivity index (χ1) is 9.81. The van der Waals surface area contributed by atoms with Crippen LogP contribution in [0, 0.1) is 0 Å². The molecule has 4 nitrogen and oxygen atoms in total. The monoisotopic (exact) mass is 275 g/mol. The molecule has 1 heterocycles. The van der Waals surface area contributed by atoms with Gasteiger partial charge in [0.1, 0.15) is 6.61 Å². The van der Waals surface area contributed by atoms with Crippen molar-refractivity contribution in [2.24, 2.45) is 0 Å². The van der Waals surface area contributed by atoms with Crippen molar-refractivity contribution in [2.45, 2.75) is 31.9 Å². The van der Waals surface area contributed by atoms with Gasteiger partial charge in [0.2, 0.25) is 0 Å². The minimum atomic E-state index is -0.277. The number of hydrogen-bond donors (Lipinski definition) is 1. The number of piperidine rings is 1. The molecule has 1 aliphatic rings. The SMILES string of the molecule is O=C(OCc1ccccc1)N1CCCC[C@H]1C=CCO. The van der Waals surface area contributed by atoms with Crippen LogP contribution in [0.15, 0.2) is 42.5 Å². The van der Waals surface area contributed by atoms with Gasteiger partial charge in [0.05, 0.1) is 12.6 Å². The smallest absolute Gasteiger partial charge is 0.410 e.